The zero-order valence-corrected chi connectivity index (χ0v) is 10.6. The van der Waals surface area contributed by atoms with E-state index in [0.717, 1.165) is 4.90 Å². The highest BCUT2D eigenvalue weighted by molar-refractivity contribution is 7.99. The van der Waals surface area contributed by atoms with Gasteiger partial charge in [-0.3, -0.25) is 4.79 Å². The lowest BCUT2D eigenvalue weighted by Crippen LogP contribution is -2.11. The predicted octanol–water partition coefficient (Wildman–Crippen LogP) is 3.16. The summed E-state index contributed by atoms with van der Waals surface area (Å²) in [4.78, 5) is 11.6. The molecule has 0 aliphatic carbocycles. The molecule has 0 heterocycles. The molecule has 16 heavy (non-hydrogen) atoms. The Morgan fingerprint density at radius 1 is 1.62 bits per heavy atom. The fourth-order valence-corrected chi connectivity index (χ4v) is 2.30. The number of carboxylic acids is 1. The molecule has 0 saturated heterocycles. The van der Waals surface area contributed by atoms with E-state index in [1.807, 2.05) is 6.07 Å². The molecule has 1 atom stereocenters. The van der Waals surface area contributed by atoms with Gasteiger partial charge in [0.2, 0.25) is 0 Å². The highest BCUT2D eigenvalue weighted by Gasteiger charge is 2.11. The summed E-state index contributed by atoms with van der Waals surface area (Å²) < 4.78 is 5.03. The number of ether oxygens (including phenoxy) is 1. The second-order valence-corrected chi connectivity index (χ2v) is 4.85. The van der Waals surface area contributed by atoms with Crippen molar-refractivity contribution in [1.82, 2.24) is 0 Å². The van der Waals surface area contributed by atoms with E-state index >= 15 is 0 Å². The molecule has 0 aliphatic heterocycles. The van der Waals surface area contributed by atoms with Gasteiger partial charge in [0.25, 0.3) is 0 Å². The van der Waals surface area contributed by atoms with Crippen LogP contribution < -0.4 is 4.74 Å². The molecular weight excluding hydrogens is 248 g/mol. The molecule has 0 saturated carbocycles. The van der Waals surface area contributed by atoms with Crippen molar-refractivity contribution in [2.45, 2.75) is 11.8 Å². The monoisotopic (exact) mass is 260 g/mol. The molecule has 88 valence electrons. The van der Waals surface area contributed by atoms with Crippen molar-refractivity contribution in [2.24, 2.45) is 5.92 Å². The number of benzene rings is 1. The van der Waals surface area contributed by atoms with Gasteiger partial charge in [-0.1, -0.05) is 18.5 Å². The van der Waals surface area contributed by atoms with Crippen LogP contribution in [0.4, 0.5) is 0 Å². The van der Waals surface area contributed by atoms with E-state index in [1.165, 1.54) is 11.8 Å². The second kappa shape index (κ2) is 6.01. The van der Waals surface area contributed by atoms with Crippen molar-refractivity contribution >= 4 is 29.3 Å². The molecule has 1 aromatic rings. The van der Waals surface area contributed by atoms with Crippen molar-refractivity contribution in [3.05, 3.63) is 23.2 Å². The molecule has 0 radical (unpaired) electrons. The molecule has 1 aromatic carbocycles. The van der Waals surface area contributed by atoms with E-state index in [1.54, 1.807) is 26.2 Å². The molecule has 0 bridgehead atoms. The van der Waals surface area contributed by atoms with E-state index in [4.69, 9.17) is 21.4 Å². The maximum atomic E-state index is 10.6. The van der Waals surface area contributed by atoms with Gasteiger partial charge >= 0.3 is 5.97 Å². The summed E-state index contributed by atoms with van der Waals surface area (Å²) in [6.07, 6.45) is 0. The van der Waals surface area contributed by atoms with Crippen LogP contribution >= 0.6 is 23.4 Å². The average Bonchev–Trinajstić information content (AvgIpc) is 2.25. The minimum Gasteiger partial charge on any atom is -0.495 e. The quantitative estimate of drug-likeness (QED) is 0.826. The van der Waals surface area contributed by atoms with Crippen LogP contribution in [0.2, 0.25) is 5.02 Å². The van der Waals surface area contributed by atoms with Gasteiger partial charge in [-0.15, -0.1) is 11.8 Å². The zero-order chi connectivity index (χ0) is 12.1. The molecule has 0 spiro atoms. The van der Waals surface area contributed by atoms with Crippen LogP contribution in [-0.4, -0.2) is 23.9 Å². The summed E-state index contributed by atoms with van der Waals surface area (Å²) in [5, 5.41) is 9.27. The second-order valence-electron chi connectivity index (χ2n) is 3.35. The Bertz CT molecular complexity index is 381. The molecule has 1 rings (SSSR count). The van der Waals surface area contributed by atoms with Gasteiger partial charge in [-0.25, -0.2) is 0 Å². The average molecular weight is 261 g/mol. The number of carboxylic acid groups (broad SMARTS) is 1. The Morgan fingerprint density at radius 3 is 2.81 bits per heavy atom. The van der Waals surface area contributed by atoms with Gasteiger partial charge < -0.3 is 9.84 Å². The summed E-state index contributed by atoms with van der Waals surface area (Å²) in [5.74, 6) is -0.00636. The topological polar surface area (TPSA) is 46.5 Å². The summed E-state index contributed by atoms with van der Waals surface area (Å²) in [6, 6.07) is 5.42. The van der Waals surface area contributed by atoms with Crippen molar-refractivity contribution in [3.8, 4) is 5.75 Å². The molecule has 0 aromatic heterocycles. The molecule has 0 fully saturated rings. The van der Waals surface area contributed by atoms with Crippen LogP contribution in [0.5, 0.6) is 5.75 Å². The fourth-order valence-electron chi connectivity index (χ4n) is 1.03. The number of hydrogen-bond acceptors (Lipinski definition) is 3. The van der Waals surface area contributed by atoms with E-state index < -0.39 is 5.97 Å². The van der Waals surface area contributed by atoms with Crippen molar-refractivity contribution in [3.63, 3.8) is 0 Å². The van der Waals surface area contributed by atoms with Crippen LogP contribution in [0.25, 0.3) is 0 Å². The minimum absolute atomic E-state index is 0.370. The number of carbonyl (C=O) groups is 1. The van der Waals surface area contributed by atoms with Gasteiger partial charge in [-0.2, -0.15) is 0 Å². The van der Waals surface area contributed by atoms with Gasteiger partial charge in [0.15, 0.2) is 0 Å². The smallest absolute Gasteiger partial charge is 0.307 e. The van der Waals surface area contributed by atoms with E-state index in [-0.39, 0.29) is 5.92 Å². The lowest BCUT2D eigenvalue weighted by Gasteiger charge is -2.07. The van der Waals surface area contributed by atoms with E-state index in [2.05, 4.69) is 0 Å². The molecule has 1 unspecified atom stereocenters. The van der Waals surface area contributed by atoms with Gasteiger partial charge in [0.05, 0.1) is 18.1 Å². The lowest BCUT2D eigenvalue weighted by molar-refractivity contribution is -0.140. The van der Waals surface area contributed by atoms with Crippen LogP contribution in [0.3, 0.4) is 0 Å². The molecule has 3 nitrogen and oxygen atoms in total. The highest BCUT2D eigenvalue weighted by atomic mass is 35.5. The fraction of sp³-hybridized carbons (Fsp3) is 0.364. The predicted molar refractivity (Wildman–Crippen MR) is 65.5 cm³/mol. The van der Waals surface area contributed by atoms with Crippen LogP contribution in [0, 0.1) is 5.92 Å². The molecule has 1 N–H and O–H groups in total. The van der Waals surface area contributed by atoms with Gasteiger partial charge in [0, 0.05) is 10.6 Å². The number of aliphatic carboxylic acids is 1. The number of hydrogen-bond donors (Lipinski definition) is 1. The first-order valence-corrected chi connectivity index (χ1v) is 6.10. The van der Waals surface area contributed by atoms with Crippen LogP contribution in [-0.2, 0) is 4.79 Å². The van der Waals surface area contributed by atoms with Crippen LogP contribution in [0.15, 0.2) is 23.1 Å². The third kappa shape index (κ3) is 3.61. The maximum Gasteiger partial charge on any atom is 0.307 e. The van der Waals surface area contributed by atoms with Gasteiger partial charge in [-0.05, 0) is 18.2 Å². The Morgan fingerprint density at radius 2 is 2.31 bits per heavy atom. The highest BCUT2D eigenvalue weighted by Crippen LogP contribution is 2.30. The summed E-state index contributed by atoms with van der Waals surface area (Å²) in [6.45, 7) is 1.68. The first kappa shape index (κ1) is 13.2. The summed E-state index contributed by atoms with van der Waals surface area (Å²) in [7, 11) is 1.56. The van der Waals surface area contributed by atoms with Crippen molar-refractivity contribution in [2.75, 3.05) is 12.9 Å². The Labute approximate surface area is 104 Å². The lowest BCUT2D eigenvalue weighted by atomic mass is 10.2. The molecule has 5 heteroatoms. The van der Waals surface area contributed by atoms with E-state index in [9.17, 15) is 4.79 Å². The standard InChI is InChI=1S/C11H13ClO3S/c1-7(11(13)14)6-16-8-3-4-10(15-2)9(12)5-8/h3-5,7H,6H2,1-2H3,(H,13,14). The van der Waals surface area contributed by atoms with Crippen molar-refractivity contribution in [1.29, 1.82) is 0 Å². The third-order valence-corrected chi connectivity index (χ3v) is 3.59. The number of halogens is 1. The number of thioether (sulfide) groups is 1. The zero-order valence-electron chi connectivity index (χ0n) is 9.07. The first-order chi connectivity index (χ1) is 7.54. The maximum absolute atomic E-state index is 10.6. The largest absolute Gasteiger partial charge is 0.495 e. The normalized spacial score (nSPS) is 12.2. The van der Waals surface area contributed by atoms with E-state index in [0.29, 0.717) is 16.5 Å². The molecule has 0 amide bonds. The molecule has 0 aliphatic rings. The SMILES string of the molecule is COc1ccc(SCC(C)C(=O)O)cc1Cl. The Balaban J connectivity index is 2.62. The van der Waals surface area contributed by atoms with Crippen molar-refractivity contribution < 1.29 is 14.6 Å². The molecular formula is C11H13ClO3S. The number of rotatable bonds is 5. The minimum atomic E-state index is -0.785. The number of methoxy groups -OCH3 is 1. The van der Waals surface area contributed by atoms with Crippen LogP contribution in [0.1, 0.15) is 6.92 Å². The first-order valence-electron chi connectivity index (χ1n) is 4.73. The third-order valence-electron chi connectivity index (χ3n) is 2.04. The summed E-state index contributed by atoms with van der Waals surface area (Å²) >= 11 is 7.42. The van der Waals surface area contributed by atoms with Gasteiger partial charge in [0.1, 0.15) is 5.75 Å². The Hall–Kier alpha value is -0.870. The Kier molecular flexibility index (Phi) is 4.96. The summed E-state index contributed by atoms with van der Waals surface area (Å²) in [5.41, 5.74) is 0.